The molecule has 0 aliphatic heterocycles. The molecule has 0 aromatic heterocycles. The Morgan fingerprint density at radius 3 is 2.50 bits per heavy atom. The maximum atomic E-state index is 12.0. The van der Waals surface area contributed by atoms with Crippen molar-refractivity contribution < 1.29 is 19.1 Å². The summed E-state index contributed by atoms with van der Waals surface area (Å²) >= 11 is 0. The van der Waals surface area contributed by atoms with Crippen molar-refractivity contribution in [1.82, 2.24) is 5.32 Å². The average molecular weight is 307 g/mol. The minimum atomic E-state index is -0.637. The summed E-state index contributed by atoms with van der Waals surface area (Å²) in [7, 11) is 1.32. The van der Waals surface area contributed by atoms with E-state index < -0.39 is 12.0 Å². The van der Waals surface area contributed by atoms with Crippen LogP contribution in [0.5, 0.6) is 5.75 Å². The van der Waals surface area contributed by atoms with E-state index in [1.54, 1.807) is 0 Å². The van der Waals surface area contributed by atoms with Gasteiger partial charge in [-0.15, -0.1) is 0 Å². The predicted molar refractivity (Wildman–Crippen MR) is 84.7 cm³/mol. The van der Waals surface area contributed by atoms with Crippen LogP contribution in [0.1, 0.15) is 32.8 Å². The Morgan fingerprint density at radius 2 is 1.91 bits per heavy atom. The van der Waals surface area contributed by atoms with Crippen LogP contribution in [0.2, 0.25) is 0 Å². The third-order valence-electron chi connectivity index (χ3n) is 3.24. The number of methoxy groups -OCH3 is 1. The molecule has 5 nitrogen and oxygen atoms in total. The molecule has 1 N–H and O–H groups in total. The van der Waals surface area contributed by atoms with Crippen molar-refractivity contribution in [2.24, 2.45) is 5.92 Å². The molecule has 0 saturated heterocycles. The smallest absolute Gasteiger partial charge is 0.328 e. The Labute approximate surface area is 132 Å². The van der Waals surface area contributed by atoms with Gasteiger partial charge >= 0.3 is 5.97 Å². The Balaban J connectivity index is 2.58. The van der Waals surface area contributed by atoms with Crippen LogP contribution >= 0.6 is 0 Å². The van der Waals surface area contributed by atoms with E-state index in [-0.39, 0.29) is 18.4 Å². The van der Waals surface area contributed by atoms with Gasteiger partial charge in [0.05, 0.1) is 7.11 Å². The molecule has 0 fully saturated rings. The highest BCUT2D eigenvalue weighted by atomic mass is 16.5. The van der Waals surface area contributed by atoms with E-state index in [9.17, 15) is 9.59 Å². The molecule has 1 amide bonds. The molecular weight excluding hydrogens is 282 g/mol. The minimum absolute atomic E-state index is 0.122. The van der Waals surface area contributed by atoms with E-state index in [1.165, 1.54) is 7.11 Å². The fourth-order valence-electron chi connectivity index (χ4n) is 2.14. The molecule has 22 heavy (non-hydrogen) atoms. The van der Waals surface area contributed by atoms with Crippen molar-refractivity contribution in [2.45, 2.75) is 39.7 Å². The van der Waals surface area contributed by atoms with Crippen molar-refractivity contribution in [2.75, 3.05) is 13.7 Å². The Hall–Kier alpha value is -2.04. The van der Waals surface area contributed by atoms with Crippen LogP contribution in [0.25, 0.3) is 0 Å². The lowest BCUT2D eigenvalue weighted by Crippen LogP contribution is -2.44. The zero-order chi connectivity index (χ0) is 16.5. The van der Waals surface area contributed by atoms with Gasteiger partial charge in [-0.25, -0.2) is 4.79 Å². The van der Waals surface area contributed by atoms with Gasteiger partial charge in [-0.05, 0) is 30.4 Å². The lowest BCUT2D eigenvalue weighted by atomic mass is 10.0. The first-order valence-electron chi connectivity index (χ1n) is 7.55. The number of hydrogen-bond donors (Lipinski definition) is 1. The maximum Gasteiger partial charge on any atom is 0.328 e. The van der Waals surface area contributed by atoms with Gasteiger partial charge in [0, 0.05) is 0 Å². The highest BCUT2D eigenvalue weighted by Crippen LogP contribution is 2.18. The SMILES string of the molecule is CCc1ccccc1OCC(=O)NC(CC(C)C)C(=O)OC. The van der Waals surface area contributed by atoms with E-state index >= 15 is 0 Å². The average Bonchev–Trinajstić information content (AvgIpc) is 2.51. The van der Waals surface area contributed by atoms with Gasteiger partial charge in [-0.3, -0.25) is 4.79 Å². The van der Waals surface area contributed by atoms with Crippen LogP contribution in [0.3, 0.4) is 0 Å². The largest absolute Gasteiger partial charge is 0.483 e. The second-order valence-electron chi connectivity index (χ2n) is 5.52. The first-order valence-corrected chi connectivity index (χ1v) is 7.55. The molecule has 1 rings (SSSR count). The van der Waals surface area contributed by atoms with E-state index in [0.29, 0.717) is 12.2 Å². The molecular formula is C17H25NO4. The number of ether oxygens (including phenoxy) is 2. The van der Waals surface area contributed by atoms with Crippen molar-refractivity contribution in [3.05, 3.63) is 29.8 Å². The van der Waals surface area contributed by atoms with Crippen molar-refractivity contribution >= 4 is 11.9 Å². The van der Waals surface area contributed by atoms with E-state index in [1.807, 2.05) is 45.0 Å². The number of nitrogens with one attached hydrogen (secondary N) is 1. The molecule has 1 unspecified atom stereocenters. The zero-order valence-electron chi connectivity index (χ0n) is 13.7. The maximum absolute atomic E-state index is 12.0. The molecule has 122 valence electrons. The summed E-state index contributed by atoms with van der Waals surface area (Å²) in [6, 6.07) is 6.95. The number of hydrogen-bond acceptors (Lipinski definition) is 4. The van der Waals surface area contributed by atoms with Gasteiger partial charge in [-0.1, -0.05) is 39.0 Å². The first-order chi connectivity index (χ1) is 10.5. The highest BCUT2D eigenvalue weighted by Gasteiger charge is 2.22. The van der Waals surface area contributed by atoms with Crippen LogP contribution < -0.4 is 10.1 Å². The van der Waals surface area contributed by atoms with Crippen molar-refractivity contribution in [3.8, 4) is 5.75 Å². The van der Waals surface area contributed by atoms with Crippen LogP contribution in [0.4, 0.5) is 0 Å². The van der Waals surface area contributed by atoms with Crippen molar-refractivity contribution in [3.63, 3.8) is 0 Å². The van der Waals surface area contributed by atoms with E-state index in [0.717, 1.165) is 12.0 Å². The molecule has 0 aliphatic carbocycles. The number of rotatable bonds is 8. The van der Waals surface area contributed by atoms with Crippen molar-refractivity contribution in [1.29, 1.82) is 0 Å². The molecule has 1 aromatic rings. The molecule has 1 atom stereocenters. The Morgan fingerprint density at radius 1 is 1.23 bits per heavy atom. The third kappa shape index (κ3) is 5.76. The van der Waals surface area contributed by atoms with Crippen LogP contribution in [-0.4, -0.2) is 31.6 Å². The number of benzene rings is 1. The van der Waals surface area contributed by atoms with Gasteiger partial charge in [0.1, 0.15) is 11.8 Å². The van der Waals surface area contributed by atoms with Gasteiger partial charge in [0.15, 0.2) is 6.61 Å². The highest BCUT2D eigenvalue weighted by molar-refractivity contribution is 5.85. The standard InChI is InChI=1S/C17H25NO4/c1-5-13-8-6-7-9-15(13)22-11-16(19)18-14(10-12(2)3)17(20)21-4/h6-9,12,14H,5,10-11H2,1-4H3,(H,18,19). The first kappa shape index (κ1) is 18.0. The van der Waals surface area contributed by atoms with Gasteiger partial charge in [-0.2, -0.15) is 0 Å². The molecule has 0 spiro atoms. The summed E-state index contributed by atoms with van der Waals surface area (Å²) in [5.41, 5.74) is 1.04. The minimum Gasteiger partial charge on any atom is -0.483 e. The summed E-state index contributed by atoms with van der Waals surface area (Å²) in [5, 5.41) is 2.67. The summed E-state index contributed by atoms with van der Waals surface area (Å²) in [5.74, 6) is 0.197. The molecule has 0 bridgehead atoms. The van der Waals surface area contributed by atoms with Gasteiger partial charge in [0.25, 0.3) is 5.91 Å². The van der Waals surface area contributed by atoms with Crippen LogP contribution in [-0.2, 0) is 20.7 Å². The normalized spacial score (nSPS) is 11.9. The molecule has 0 radical (unpaired) electrons. The summed E-state index contributed by atoms with van der Waals surface area (Å²) in [6.07, 6.45) is 1.36. The summed E-state index contributed by atoms with van der Waals surface area (Å²) in [6.45, 7) is 5.87. The molecule has 0 heterocycles. The monoisotopic (exact) mass is 307 g/mol. The molecule has 1 aromatic carbocycles. The number of carbonyl (C=O) groups is 2. The number of carbonyl (C=O) groups excluding carboxylic acids is 2. The fraction of sp³-hybridized carbons (Fsp3) is 0.529. The number of para-hydroxylation sites is 1. The van der Waals surface area contributed by atoms with Crippen LogP contribution in [0.15, 0.2) is 24.3 Å². The van der Waals surface area contributed by atoms with Crippen LogP contribution in [0, 0.1) is 5.92 Å². The summed E-state index contributed by atoms with van der Waals surface area (Å²) in [4.78, 5) is 23.7. The second-order valence-corrected chi connectivity index (χ2v) is 5.52. The number of aryl methyl sites for hydroxylation is 1. The Kier molecular flexibility index (Phi) is 7.43. The Bertz CT molecular complexity index is 499. The topological polar surface area (TPSA) is 64.6 Å². The lowest BCUT2D eigenvalue weighted by Gasteiger charge is -2.18. The van der Waals surface area contributed by atoms with Gasteiger partial charge < -0.3 is 14.8 Å². The summed E-state index contributed by atoms with van der Waals surface area (Å²) < 4.78 is 10.3. The molecule has 5 heteroatoms. The second kappa shape index (κ2) is 9.07. The van der Waals surface area contributed by atoms with E-state index in [4.69, 9.17) is 9.47 Å². The fourth-order valence-corrected chi connectivity index (χ4v) is 2.14. The number of amides is 1. The molecule has 0 saturated carbocycles. The quantitative estimate of drug-likeness (QED) is 0.749. The lowest BCUT2D eigenvalue weighted by molar-refractivity contribution is -0.145. The van der Waals surface area contributed by atoms with Gasteiger partial charge in [0.2, 0.25) is 0 Å². The van der Waals surface area contributed by atoms with E-state index in [2.05, 4.69) is 5.32 Å². The zero-order valence-corrected chi connectivity index (χ0v) is 13.7. The number of esters is 1. The third-order valence-corrected chi connectivity index (χ3v) is 3.24. The predicted octanol–water partition coefficient (Wildman–Crippen LogP) is 2.33. The molecule has 0 aliphatic rings.